The van der Waals surface area contributed by atoms with Gasteiger partial charge in [0.1, 0.15) is 0 Å². The third-order valence-electron chi connectivity index (χ3n) is 3.18. The van der Waals surface area contributed by atoms with Gasteiger partial charge in [0.15, 0.2) is 0 Å². The average molecular weight is 381 g/mol. The predicted octanol–water partition coefficient (Wildman–Crippen LogP) is 3.35. The molecule has 3 amide bonds. The van der Waals surface area contributed by atoms with E-state index in [-0.39, 0.29) is 15.6 Å². The number of rotatable bonds is 4. The molecule has 1 atom stereocenters. The molecule has 0 fully saturated rings. The molecule has 6 nitrogen and oxygen atoms in total. The molecule has 2 aromatic carbocycles. The Labute approximate surface area is 154 Å². The zero-order chi connectivity index (χ0) is 18.4. The van der Waals surface area contributed by atoms with Gasteiger partial charge in [0.2, 0.25) is 6.10 Å². The van der Waals surface area contributed by atoms with E-state index < -0.39 is 24.0 Å². The highest BCUT2D eigenvalue weighted by Crippen LogP contribution is 2.25. The summed E-state index contributed by atoms with van der Waals surface area (Å²) in [5.74, 6) is -1.56. The minimum Gasteiger partial charge on any atom is -0.444 e. The van der Waals surface area contributed by atoms with Gasteiger partial charge in [0, 0.05) is 12.6 Å². The van der Waals surface area contributed by atoms with Gasteiger partial charge in [0.25, 0.3) is 5.91 Å². The fraction of sp³-hybridized carbons (Fsp3) is 0.118. The lowest BCUT2D eigenvalue weighted by molar-refractivity contribution is -0.129. The van der Waals surface area contributed by atoms with Crippen LogP contribution in [0.25, 0.3) is 0 Å². The number of amides is 3. The van der Waals surface area contributed by atoms with Crippen LogP contribution >= 0.6 is 23.2 Å². The number of hydrogen-bond acceptors (Lipinski definition) is 4. The van der Waals surface area contributed by atoms with Crippen molar-refractivity contribution in [1.29, 1.82) is 0 Å². The van der Waals surface area contributed by atoms with E-state index in [0.717, 1.165) is 0 Å². The van der Waals surface area contributed by atoms with Crippen molar-refractivity contribution >= 4 is 41.1 Å². The van der Waals surface area contributed by atoms with Crippen molar-refractivity contribution in [2.75, 3.05) is 7.05 Å². The standard InChI is InChI=1S/C17H14Cl2N2O4/c1-20-17(24)21-15(22)14(10-5-3-2-4-6-10)25-16(23)11-7-8-12(18)13(19)9-11/h2-9,14H,1H3,(H2,20,21,22,24)/t14-/m0/s1. The van der Waals surface area contributed by atoms with E-state index in [2.05, 4.69) is 10.6 Å². The zero-order valence-electron chi connectivity index (χ0n) is 13.1. The molecule has 2 N–H and O–H groups in total. The summed E-state index contributed by atoms with van der Waals surface area (Å²) in [5.41, 5.74) is 0.542. The van der Waals surface area contributed by atoms with Crippen LogP contribution in [0.5, 0.6) is 0 Å². The molecule has 130 valence electrons. The monoisotopic (exact) mass is 380 g/mol. The van der Waals surface area contributed by atoms with Gasteiger partial charge in [-0.15, -0.1) is 0 Å². The summed E-state index contributed by atoms with van der Waals surface area (Å²) in [6.45, 7) is 0. The van der Waals surface area contributed by atoms with Crippen LogP contribution in [0.2, 0.25) is 10.0 Å². The molecule has 0 saturated carbocycles. The zero-order valence-corrected chi connectivity index (χ0v) is 14.6. The average Bonchev–Trinajstić information content (AvgIpc) is 2.62. The molecular formula is C17H14Cl2N2O4. The summed E-state index contributed by atoms with van der Waals surface area (Å²) < 4.78 is 5.29. The van der Waals surface area contributed by atoms with Gasteiger partial charge in [0.05, 0.1) is 15.6 Å². The van der Waals surface area contributed by atoms with Crippen molar-refractivity contribution in [1.82, 2.24) is 10.6 Å². The number of urea groups is 1. The molecule has 2 rings (SSSR count). The Bertz CT molecular complexity index is 796. The van der Waals surface area contributed by atoms with Gasteiger partial charge in [-0.3, -0.25) is 10.1 Å². The van der Waals surface area contributed by atoms with Crippen molar-refractivity contribution in [3.63, 3.8) is 0 Å². The summed E-state index contributed by atoms with van der Waals surface area (Å²) in [6, 6.07) is 11.8. The van der Waals surface area contributed by atoms with Crippen LogP contribution in [-0.4, -0.2) is 25.0 Å². The Morgan fingerprint density at radius 1 is 1.00 bits per heavy atom. The topological polar surface area (TPSA) is 84.5 Å². The van der Waals surface area contributed by atoms with E-state index >= 15 is 0 Å². The number of carbonyl (C=O) groups is 3. The molecule has 25 heavy (non-hydrogen) atoms. The van der Waals surface area contributed by atoms with Gasteiger partial charge in [-0.2, -0.15) is 0 Å². The van der Waals surface area contributed by atoms with Gasteiger partial charge in [-0.25, -0.2) is 9.59 Å². The van der Waals surface area contributed by atoms with Gasteiger partial charge in [-0.05, 0) is 18.2 Å². The Morgan fingerprint density at radius 2 is 1.68 bits per heavy atom. The molecule has 0 radical (unpaired) electrons. The van der Waals surface area contributed by atoms with Crippen molar-refractivity contribution in [2.45, 2.75) is 6.10 Å². The second kappa shape index (κ2) is 8.50. The Hall–Kier alpha value is -2.57. The molecule has 0 spiro atoms. The van der Waals surface area contributed by atoms with Crippen molar-refractivity contribution in [3.8, 4) is 0 Å². The number of carbonyl (C=O) groups excluding carboxylic acids is 3. The van der Waals surface area contributed by atoms with Gasteiger partial charge >= 0.3 is 12.0 Å². The number of halogens is 2. The highest BCUT2D eigenvalue weighted by molar-refractivity contribution is 6.42. The molecular weight excluding hydrogens is 367 g/mol. The molecule has 0 bridgehead atoms. The second-order valence-electron chi connectivity index (χ2n) is 4.89. The first-order valence-electron chi connectivity index (χ1n) is 7.16. The normalized spacial score (nSPS) is 11.3. The highest BCUT2D eigenvalue weighted by Gasteiger charge is 2.27. The fourth-order valence-electron chi connectivity index (χ4n) is 1.94. The van der Waals surface area contributed by atoms with Crippen molar-refractivity contribution in [3.05, 3.63) is 69.7 Å². The van der Waals surface area contributed by atoms with Crippen molar-refractivity contribution in [2.24, 2.45) is 0 Å². The van der Waals surface area contributed by atoms with E-state index in [0.29, 0.717) is 5.56 Å². The number of benzene rings is 2. The molecule has 0 aliphatic heterocycles. The summed E-state index contributed by atoms with van der Waals surface area (Å²) in [7, 11) is 1.36. The summed E-state index contributed by atoms with van der Waals surface area (Å²) in [4.78, 5) is 36.0. The van der Waals surface area contributed by atoms with E-state index in [1.165, 1.54) is 25.2 Å². The molecule has 0 aromatic heterocycles. The Kier molecular flexibility index (Phi) is 6.38. The molecule has 0 heterocycles. The first-order valence-corrected chi connectivity index (χ1v) is 7.91. The molecule has 0 aliphatic rings. The highest BCUT2D eigenvalue weighted by atomic mass is 35.5. The third kappa shape index (κ3) is 4.95. The summed E-state index contributed by atoms with van der Waals surface area (Å²) >= 11 is 11.7. The Morgan fingerprint density at radius 3 is 2.28 bits per heavy atom. The lowest BCUT2D eigenvalue weighted by Gasteiger charge is -2.17. The largest absolute Gasteiger partial charge is 0.444 e. The van der Waals surface area contributed by atoms with Crippen LogP contribution in [0.3, 0.4) is 0 Å². The lowest BCUT2D eigenvalue weighted by atomic mass is 10.1. The van der Waals surface area contributed by atoms with Crippen LogP contribution in [0, 0.1) is 0 Å². The number of ether oxygens (including phenoxy) is 1. The maximum atomic E-state index is 12.3. The maximum Gasteiger partial charge on any atom is 0.339 e. The first kappa shape index (κ1) is 18.8. The van der Waals surface area contributed by atoms with E-state index in [4.69, 9.17) is 27.9 Å². The van der Waals surface area contributed by atoms with Gasteiger partial charge < -0.3 is 10.1 Å². The first-order chi connectivity index (χ1) is 11.9. The molecule has 0 saturated heterocycles. The fourth-order valence-corrected chi connectivity index (χ4v) is 2.24. The minimum atomic E-state index is -1.31. The number of imide groups is 1. The van der Waals surface area contributed by atoms with Crippen LogP contribution in [0.1, 0.15) is 22.0 Å². The number of esters is 1. The van der Waals surface area contributed by atoms with Crippen LogP contribution in [-0.2, 0) is 9.53 Å². The molecule has 0 unspecified atom stereocenters. The SMILES string of the molecule is CNC(=O)NC(=O)[C@@H](OC(=O)c1ccc(Cl)c(Cl)c1)c1ccccc1. The summed E-state index contributed by atoms with van der Waals surface area (Å²) in [5, 5.41) is 4.82. The number of hydrogen-bond donors (Lipinski definition) is 2. The van der Waals surface area contributed by atoms with E-state index in [1.54, 1.807) is 30.3 Å². The predicted molar refractivity (Wildman–Crippen MR) is 93.7 cm³/mol. The lowest BCUT2D eigenvalue weighted by Crippen LogP contribution is -2.41. The van der Waals surface area contributed by atoms with Crippen LogP contribution in [0.15, 0.2) is 48.5 Å². The van der Waals surface area contributed by atoms with E-state index in [9.17, 15) is 14.4 Å². The quantitative estimate of drug-likeness (QED) is 0.796. The molecule has 2 aromatic rings. The van der Waals surface area contributed by atoms with Crippen LogP contribution < -0.4 is 10.6 Å². The van der Waals surface area contributed by atoms with E-state index in [1.807, 2.05) is 0 Å². The molecule has 0 aliphatic carbocycles. The Balaban J connectivity index is 2.26. The number of nitrogens with one attached hydrogen (secondary N) is 2. The summed E-state index contributed by atoms with van der Waals surface area (Å²) in [6.07, 6.45) is -1.31. The van der Waals surface area contributed by atoms with Gasteiger partial charge in [-0.1, -0.05) is 53.5 Å². The van der Waals surface area contributed by atoms with Crippen LogP contribution in [0.4, 0.5) is 4.79 Å². The second-order valence-corrected chi connectivity index (χ2v) is 5.71. The third-order valence-corrected chi connectivity index (χ3v) is 3.92. The molecule has 8 heteroatoms. The smallest absolute Gasteiger partial charge is 0.339 e. The van der Waals surface area contributed by atoms with Crippen molar-refractivity contribution < 1.29 is 19.1 Å². The maximum absolute atomic E-state index is 12.3. The minimum absolute atomic E-state index is 0.128.